The van der Waals surface area contributed by atoms with Gasteiger partial charge in [0.25, 0.3) is 0 Å². The number of carbonyl (C=O) groups is 1. The van der Waals surface area contributed by atoms with Crippen LogP contribution in [0.15, 0.2) is 54.6 Å². The van der Waals surface area contributed by atoms with Crippen molar-refractivity contribution in [1.29, 1.82) is 0 Å². The lowest BCUT2D eigenvalue weighted by atomic mass is 10.1. The molecule has 2 rings (SSSR count). The summed E-state index contributed by atoms with van der Waals surface area (Å²) < 4.78 is 28.3. The molecule has 0 unspecified atom stereocenters. The van der Waals surface area contributed by atoms with Crippen molar-refractivity contribution in [3.63, 3.8) is 0 Å². The zero-order valence-corrected chi connectivity index (χ0v) is 12.8. The third kappa shape index (κ3) is 5.81. The third-order valence-electron chi connectivity index (χ3n) is 3.15. The van der Waals surface area contributed by atoms with Gasteiger partial charge in [0.15, 0.2) is 0 Å². The van der Waals surface area contributed by atoms with Crippen molar-refractivity contribution in [2.75, 3.05) is 11.9 Å². The average molecular weight is 333 g/mol. The van der Waals surface area contributed by atoms with Gasteiger partial charge in [-0.05, 0) is 47.9 Å². The number of carbonyl (C=O) groups excluding carboxylic acids is 1. The number of anilines is 1. The SMILES string of the molecule is O=C(C=Cc1ccc(OC(F)F)cc1)Nc1ccc(CCO)cc1. The van der Waals surface area contributed by atoms with Crippen molar-refractivity contribution >= 4 is 17.7 Å². The number of amides is 1. The highest BCUT2D eigenvalue weighted by Crippen LogP contribution is 2.16. The molecule has 2 aromatic carbocycles. The summed E-state index contributed by atoms with van der Waals surface area (Å²) in [5, 5.41) is 11.6. The standard InChI is InChI=1S/C18H17F2NO3/c19-18(20)24-16-8-3-13(4-9-16)5-10-17(23)21-15-6-1-14(2-7-15)11-12-22/h1-10,18,22H,11-12H2,(H,21,23). The fourth-order valence-corrected chi connectivity index (χ4v) is 2.00. The van der Waals surface area contributed by atoms with Crippen molar-refractivity contribution in [3.05, 3.63) is 65.7 Å². The van der Waals surface area contributed by atoms with Gasteiger partial charge in [-0.1, -0.05) is 24.3 Å². The Bertz CT molecular complexity index is 682. The van der Waals surface area contributed by atoms with Crippen LogP contribution in [0.25, 0.3) is 6.08 Å². The fourth-order valence-electron chi connectivity index (χ4n) is 2.00. The molecule has 2 N–H and O–H groups in total. The van der Waals surface area contributed by atoms with E-state index in [4.69, 9.17) is 5.11 Å². The maximum absolute atomic E-state index is 12.0. The first-order valence-corrected chi connectivity index (χ1v) is 7.30. The number of ether oxygens (including phenoxy) is 1. The van der Waals surface area contributed by atoms with Crippen LogP contribution in [-0.4, -0.2) is 24.2 Å². The quantitative estimate of drug-likeness (QED) is 0.763. The van der Waals surface area contributed by atoms with Gasteiger partial charge in [-0.25, -0.2) is 0 Å². The number of hydrogen-bond acceptors (Lipinski definition) is 3. The molecule has 0 aliphatic carbocycles. The largest absolute Gasteiger partial charge is 0.435 e. The number of halogens is 2. The highest BCUT2D eigenvalue weighted by atomic mass is 19.3. The maximum Gasteiger partial charge on any atom is 0.387 e. The number of alkyl halides is 2. The van der Waals surface area contributed by atoms with E-state index in [-0.39, 0.29) is 18.3 Å². The van der Waals surface area contributed by atoms with Gasteiger partial charge in [-0.15, -0.1) is 0 Å². The van der Waals surface area contributed by atoms with Crippen molar-refractivity contribution in [1.82, 2.24) is 0 Å². The Morgan fingerprint density at radius 2 is 1.79 bits per heavy atom. The molecule has 0 radical (unpaired) electrons. The molecular weight excluding hydrogens is 316 g/mol. The van der Waals surface area contributed by atoms with Gasteiger partial charge in [0.2, 0.25) is 5.91 Å². The zero-order chi connectivity index (χ0) is 17.4. The molecule has 6 heteroatoms. The molecule has 0 spiro atoms. The van der Waals surface area contributed by atoms with Gasteiger partial charge < -0.3 is 15.2 Å². The highest BCUT2D eigenvalue weighted by molar-refractivity contribution is 6.01. The van der Waals surface area contributed by atoms with Crippen LogP contribution in [0, 0.1) is 0 Å². The number of nitrogens with one attached hydrogen (secondary N) is 1. The van der Waals surface area contributed by atoms with E-state index < -0.39 is 6.61 Å². The molecule has 1 amide bonds. The van der Waals surface area contributed by atoms with E-state index in [0.29, 0.717) is 17.7 Å². The molecular formula is C18H17F2NO3. The molecule has 0 aromatic heterocycles. The lowest BCUT2D eigenvalue weighted by Crippen LogP contribution is -2.07. The molecule has 0 fully saturated rings. The summed E-state index contributed by atoms with van der Waals surface area (Å²) >= 11 is 0. The van der Waals surface area contributed by atoms with Crippen LogP contribution in [0.2, 0.25) is 0 Å². The Kier molecular flexibility index (Phi) is 6.45. The Balaban J connectivity index is 1.90. The molecule has 4 nitrogen and oxygen atoms in total. The molecule has 126 valence electrons. The second kappa shape index (κ2) is 8.79. The maximum atomic E-state index is 12.0. The van der Waals surface area contributed by atoms with E-state index in [9.17, 15) is 13.6 Å². The van der Waals surface area contributed by atoms with Gasteiger partial charge in [-0.3, -0.25) is 4.79 Å². The smallest absolute Gasteiger partial charge is 0.387 e. The first kappa shape index (κ1) is 17.6. The second-order valence-corrected chi connectivity index (χ2v) is 4.94. The molecule has 0 aliphatic heterocycles. The Morgan fingerprint density at radius 1 is 1.12 bits per heavy atom. The van der Waals surface area contributed by atoms with Crippen molar-refractivity contribution in [2.24, 2.45) is 0 Å². The van der Waals surface area contributed by atoms with E-state index in [1.807, 2.05) is 12.1 Å². The molecule has 0 aliphatic rings. The van der Waals surface area contributed by atoms with E-state index in [1.54, 1.807) is 30.3 Å². The van der Waals surface area contributed by atoms with Crippen molar-refractivity contribution in [3.8, 4) is 5.75 Å². The second-order valence-electron chi connectivity index (χ2n) is 4.94. The highest BCUT2D eigenvalue weighted by Gasteiger charge is 2.03. The fraction of sp³-hybridized carbons (Fsp3) is 0.167. The first-order valence-electron chi connectivity index (χ1n) is 7.30. The normalized spacial score (nSPS) is 11.0. The monoisotopic (exact) mass is 333 g/mol. The predicted molar refractivity (Wildman–Crippen MR) is 88.0 cm³/mol. The van der Waals surface area contributed by atoms with Crippen molar-refractivity contribution < 1.29 is 23.4 Å². The average Bonchev–Trinajstić information content (AvgIpc) is 2.56. The summed E-state index contributed by atoms with van der Waals surface area (Å²) in [5.74, 6) is -0.243. The van der Waals surface area contributed by atoms with E-state index in [0.717, 1.165) is 5.56 Å². The van der Waals surface area contributed by atoms with Gasteiger partial charge in [0.1, 0.15) is 5.75 Å². The van der Waals surface area contributed by atoms with Crippen molar-refractivity contribution in [2.45, 2.75) is 13.0 Å². The van der Waals surface area contributed by atoms with Crippen LogP contribution in [0.5, 0.6) is 5.75 Å². The number of rotatable bonds is 7. The minimum Gasteiger partial charge on any atom is -0.435 e. The summed E-state index contributed by atoms with van der Waals surface area (Å²) in [6.45, 7) is -2.78. The lowest BCUT2D eigenvalue weighted by Gasteiger charge is -2.04. The molecule has 2 aromatic rings. The molecule has 24 heavy (non-hydrogen) atoms. The topological polar surface area (TPSA) is 58.6 Å². The Hall–Kier alpha value is -2.73. The Morgan fingerprint density at radius 3 is 2.38 bits per heavy atom. The van der Waals surface area contributed by atoms with Gasteiger partial charge in [-0.2, -0.15) is 8.78 Å². The van der Waals surface area contributed by atoms with Crippen LogP contribution in [-0.2, 0) is 11.2 Å². The van der Waals surface area contributed by atoms with Crippen LogP contribution < -0.4 is 10.1 Å². The van der Waals surface area contributed by atoms with E-state index in [2.05, 4.69) is 10.1 Å². The van der Waals surface area contributed by atoms with Crippen LogP contribution in [0.4, 0.5) is 14.5 Å². The molecule has 0 atom stereocenters. The van der Waals surface area contributed by atoms with Crippen LogP contribution in [0.1, 0.15) is 11.1 Å². The zero-order valence-electron chi connectivity index (χ0n) is 12.8. The van der Waals surface area contributed by atoms with Crippen LogP contribution in [0.3, 0.4) is 0 Å². The van der Waals surface area contributed by atoms with Gasteiger partial charge >= 0.3 is 6.61 Å². The van der Waals surface area contributed by atoms with Crippen LogP contribution >= 0.6 is 0 Å². The Labute approximate surface area is 138 Å². The number of hydrogen-bond donors (Lipinski definition) is 2. The summed E-state index contributed by atoms with van der Waals surface area (Å²) in [7, 11) is 0. The number of benzene rings is 2. The summed E-state index contributed by atoms with van der Waals surface area (Å²) in [6.07, 6.45) is 3.49. The minimum absolute atomic E-state index is 0.0644. The van der Waals surface area contributed by atoms with E-state index in [1.165, 1.54) is 18.2 Å². The van der Waals surface area contributed by atoms with E-state index >= 15 is 0 Å². The molecule has 0 saturated carbocycles. The number of aliphatic hydroxyl groups is 1. The first-order chi connectivity index (χ1) is 11.6. The summed E-state index contributed by atoms with van der Waals surface area (Å²) in [6, 6.07) is 13.1. The lowest BCUT2D eigenvalue weighted by molar-refractivity contribution is -0.111. The summed E-state index contributed by atoms with van der Waals surface area (Å²) in [4.78, 5) is 11.8. The number of aliphatic hydroxyl groups excluding tert-OH is 1. The molecule has 0 heterocycles. The third-order valence-corrected chi connectivity index (χ3v) is 3.15. The molecule has 0 saturated heterocycles. The summed E-state index contributed by atoms with van der Waals surface area (Å²) in [5.41, 5.74) is 2.31. The van der Waals surface area contributed by atoms with Gasteiger partial charge in [0.05, 0.1) is 0 Å². The van der Waals surface area contributed by atoms with Gasteiger partial charge in [0, 0.05) is 18.4 Å². The molecule has 0 bridgehead atoms. The predicted octanol–water partition coefficient (Wildman–Crippen LogP) is 3.47. The minimum atomic E-state index is -2.86.